The molecule has 6 aromatic carbocycles. The number of aliphatic hydroxyl groups is 1. The molecule has 8 atom stereocenters. The van der Waals surface area contributed by atoms with Crippen LogP contribution in [0.15, 0.2) is 182 Å². The zero-order chi connectivity index (χ0) is 63.9. The Hall–Kier alpha value is -9.16. The molecule has 0 heterocycles. The van der Waals surface area contributed by atoms with E-state index < -0.39 is 113 Å². The van der Waals surface area contributed by atoms with E-state index in [0.29, 0.717) is 19.3 Å². The number of nitrogens with one attached hydrogen (secondary N) is 6. The van der Waals surface area contributed by atoms with Crippen LogP contribution in [-0.2, 0) is 72.9 Å². The molecule has 6 amide bonds. The van der Waals surface area contributed by atoms with Gasteiger partial charge < -0.3 is 51.2 Å². The molecule has 0 saturated heterocycles. The SMILES string of the molecule is CC(C)C[C@H](NC(=O)[C@H](CC(=O)NC(c1ccccc1)(c1ccccc1)c1ccccc1)NC(=O)OC(C)(C)C)[C@@H](O)[C@@H]1CCC[C@H]1C(=O)N[C@@H](C)C(=O)N[C@@H](CCC(=O)OCc1ccccc1)C(=O)N[C@@H](Cc1ccccc1)C(=O)OCc1ccccc1. The number of amides is 6. The third-order valence-electron chi connectivity index (χ3n) is 15.5. The Morgan fingerprint density at radius 3 is 1.52 bits per heavy atom. The molecule has 1 fully saturated rings. The Balaban J connectivity index is 1.07. The second-order valence-electron chi connectivity index (χ2n) is 24.1. The monoisotopic (exact) mass is 1210 g/mol. The zero-order valence-corrected chi connectivity index (χ0v) is 51.5. The van der Waals surface area contributed by atoms with Gasteiger partial charge >= 0.3 is 18.0 Å². The van der Waals surface area contributed by atoms with Crippen molar-refractivity contribution in [2.45, 2.75) is 154 Å². The molecule has 0 bridgehead atoms. The molecule has 18 nitrogen and oxygen atoms in total. The topological polar surface area (TPSA) is 257 Å². The van der Waals surface area contributed by atoms with Crippen LogP contribution in [0.5, 0.6) is 0 Å². The molecule has 0 spiro atoms. The Bertz CT molecular complexity index is 3160. The maximum Gasteiger partial charge on any atom is 0.408 e. The van der Waals surface area contributed by atoms with Crippen molar-refractivity contribution in [3.63, 3.8) is 0 Å². The molecule has 7 N–H and O–H groups in total. The molecule has 1 saturated carbocycles. The molecule has 0 aliphatic heterocycles. The average Bonchev–Trinajstić information content (AvgIpc) is 1.33. The summed E-state index contributed by atoms with van der Waals surface area (Å²) in [6.45, 7) is 10.2. The standard InChI is InChI=1S/C71H84N6O12/c1-47(2)42-58(74-67(84)59(76-69(86)89-70(4,5)6)44-61(78)77-71(52-32-19-10-20-33-52,53-34-21-11-22-35-53)54-36-23-12-24-37-54)63(80)55-38-25-39-56(55)65(82)72-48(3)64(81)73-57(40-41-62(79)87-45-50-28-15-8-16-29-50)66(83)75-60(43-49-26-13-7-14-27-49)68(85)88-46-51-30-17-9-18-31-51/h7-24,26-37,47-48,55-60,63,80H,25,38-46H2,1-6H3,(H,72,82)(H,73,81)(H,74,84)(H,75,83)(H,76,86)(H,77,78)/t48-,55+,56+,57-,58-,59-,60-,63-/m0/s1. The number of hydrogen-bond donors (Lipinski definition) is 7. The third-order valence-corrected chi connectivity index (χ3v) is 15.5. The highest BCUT2D eigenvalue weighted by molar-refractivity contribution is 5.94. The largest absolute Gasteiger partial charge is 0.461 e. The van der Waals surface area contributed by atoms with Crippen LogP contribution in [0, 0.1) is 17.8 Å². The maximum atomic E-state index is 14.8. The van der Waals surface area contributed by atoms with Gasteiger partial charge in [0.2, 0.25) is 29.5 Å². The highest BCUT2D eigenvalue weighted by Gasteiger charge is 2.44. The van der Waals surface area contributed by atoms with E-state index in [-0.39, 0.29) is 44.8 Å². The first-order valence-corrected chi connectivity index (χ1v) is 30.5. The van der Waals surface area contributed by atoms with Gasteiger partial charge in [-0.25, -0.2) is 9.59 Å². The third kappa shape index (κ3) is 20.2. The van der Waals surface area contributed by atoms with E-state index >= 15 is 0 Å². The number of aliphatic hydroxyl groups excluding tert-OH is 1. The number of alkyl carbamates (subject to hydrolysis) is 1. The first-order valence-electron chi connectivity index (χ1n) is 30.5. The van der Waals surface area contributed by atoms with Crippen molar-refractivity contribution in [1.29, 1.82) is 0 Å². The number of carbonyl (C=O) groups excluding carboxylic acids is 8. The lowest BCUT2D eigenvalue weighted by Crippen LogP contribution is -2.57. The summed E-state index contributed by atoms with van der Waals surface area (Å²) in [5.74, 6) is -6.51. The molecule has 1 aliphatic carbocycles. The predicted octanol–water partition coefficient (Wildman–Crippen LogP) is 8.67. The molecular formula is C71H84N6O12. The maximum absolute atomic E-state index is 14.8. The van der Waals surface area contributed by atoms with Crippen LogP contribution >= 0.6 is 0 Å². The molecular weight excluding hydrogens is 1130 g/mol. The molecule has 6 aromatic rings. The van der Waals surface area contributed by atoms with E-state index in [1.165, 1.54) is 6.92 Å². The lowest BCUT2D eigenvalue weighted by Gasteiger charge is -2.37. The summed E-state index contributed by atoms with van der Waals surface area (Å²) >= 11 is 0. The minimum absolute atomic E-state index is 0.0222. The first-order chi connectivity index (χ1) is 42.7. The second kappa shape index (κ2) is 32.7. The fourth-order valence-electron chi connectivity index (χ4n) is 11.2. The smallest absolute Gasteiger partial charge is 0.408 e. The van der Waals surface area contributed by atoms with E-state index in [2.05, 4.69) is 31.9 Å². The van der Waals surface area contributed by atoms with E-state index in [1.807, 2.05) is 135 Å². The molecule has 18 heteroatoms. The number of esters is 2. The number of benzene rings is 6. The number of hydrogen-bond acceptors (Lipinski definition) is 12. The molecule has 1 aliphatic rings. The van der Waals surface area contributed by atoms with Crippen LogP contribution in [0.25, 0.3) is 0 Å². The summed E-state index contributed by atoms with van der Waals surface area (Å²) in [5, 5.41) is 29.5. The summed E-state index contributed by atoms with van der Waals surface area (Å²) in [6, 6.07) is 49.0. The Morgan fingerprint density at radius 2 is 1.01 bits per heavy atom. The lowest BCUT2D eigenvalue weighted by atomic mass is 9.77. The molecule has 0 radical (unpaired) electrons. The Labute approximate surface area is 521 Å². The molecule has 0 aromatic heterocycles. The van der Waals surface area contributed by atoms with Gasteiger partial charge in [0, 0.05) is 18.8 Å². The summed E-state index contributed by atoms with van der Waals surface area (Å²) in [5.41, 5.74) is 2.19. The van der Waals surface area contributed by atoms with Crippen LogP contribution in [0.4, 0.5) is 4.79 Å². The summed E-state index contributed by atoms with van der Waals surface area (Å²) < 4.78 is 16.8. The minimum Gasteiger partial charge on any atom is -0.461 e. The van der Waals surface area contributed by atoms with Crippen LogP contribution in [0.1, 0.15) is 120 Å². The summed E-state index contributed by atoms with van der Waals surface area (Å²) in [4.78, 5) is 113. The number of ether oxygens (including phenoxy) is 3. The highest BCUT2D eigenvalue weighted by atomic mass is 16.6. The fraction of sp³-hybridized carbons (Fsp3) is 0.380. The quantitative estimate of drug-likeness (QED) is 0.0132. The average molecular weight is 1210 g/mol. The summed E-state index contributed by atoms with van der Waals surface area (Å²) in [7, 11) is 0. The molecule has 89 heavy (non-hydrogen) atoms. The predicted molar refractivity (Wildman–Crippen MR) is 337 cm³/mol. The Kier molecular flexibility index (Phi) is 24.8. The van der Waals surface area contributed by atoms with Gasteiger partial charge in [-0.2, -0.15) is 0 Å². The van der Waals surface area contributed by atoms with Gasteiger partial charge in [0.05, 0.1) is 18.6 Å². The van der Waals surface area contributed by atoms with E-state index in [1.54, 1.807) is 81.4 Å². The van der Waals surface area contributed by atoms with Crippen LogP contribution in [-0.4, -0.2) is 94.6 Å². The van der Waals surface area contributed by atoms with Crippen LogP contribution < -0.4 is 31.9 Å². The Morgan fingerprint density at radius 1 is 0.539 bits per heavy atom. The van der Waals surface area contributed by atoms with Gasteiger partial charge in [-0.15, -0.1) is 0 Å². The lowest BCUT2D eigenvalue weighted by molar-refractivity contribution is -0.150. The van der Waals surface area contributed by atoms with E-state index in [9.17, 15) is 43.5 Å². The molecule has 7 rings (SSSR count). The second-order valence-corrected chi connectivity index (χ2v) is 24.1. The normalized spacial score (nSPS) is 16.0. The fourth-order valence-corrected chi connectivity index (χ4v) is 11.2. The zero-order valence-electron chi connectivity index (χ0n) is 51.5. The van der Waals surface area contributed by atoms with Crippen molar-refractivity contribution in [2.24, 2.45) is 17.8 Å². The van der Waals surface area contributed by atoms with Crippen molar-refractivity contribution in [3.8, 4) is 0 Å². The van der Waals surface area contributed by atoms with Gasteiger partial charge in [0.1, 0.15) is 48.5 Å². The summed E-state index contributed by atoms with van der Waals surface area (Å²) in [6.07, 6.45) is -1.83. The van der Waals surface area contributed by atoms with Gasteiger partial charge in [-0.1, -0.05) is 202 Å². The number of rotatable bonds is 29. The van der Waals surface area contributed by atoms with Crippen LogP contribution in [0.3, 0.4) is 0 Å². The van der Waals surface area contributed by atoms with Crippen molar-refractivity contribution >= 4 is 47.6 Å². The molecule has 470 valence electrons. The first kappa shape index (κ1) is 67.3. The molecule has 0 unspecified atom stereocenters. The van der Waals surface area contributed by atoms with Gasteiger partial charge in [0.15, 0.2) is 0 Å². The van der Waals surface area contributed by atoms with Crippen molar-refractivity contribution in [1.82, 2.24) is 31.9 Å². The van der Waals surface area contributed by atoms with Gasteiger partial charge in [-0.3, -0.25) is 28.8 Å². The van der Waals surface area contributed by atoms with Crippen molar-refractivity contribution in [3.05, 3.63) is 215 Å². The van der Waals surface area contributed by atoms with E-state index in [0.717, 1.165) is 33.4 Å². The van der Waals surface area contributed by atoms with Gasteiger partial charge in [-0.05, 0) is 98.6 Å². The van der Waals surface area contributed by atoms with Crippen LogP contribution in [0.2, 0.25) is 0 Å². The van der Waals surface area contributed by atoms with Gasteiger partial charge in [0.25, 0.3) is 0 Å². The van der Waals surface area contributed by atoms with E-state index in [4.69, 9.17) is 14.2 Å². The number of carbonyl (C=O) groups is 8. The van der Waals surface area contributed by atoms with Crippen molar-refractivity contribution < 1.29 is 57.7 Å². The van der Waals surface area contributed by atoms with Crippen molar-refractivity contribution in [2.75, 3.05) is 0 Å². The highest BCUT2D eigenvalue weighted by Crippen LogP contribution is 2.38. The minimum atomic E-state index is -1.51.